The van der Waals surface area contributed by atoms with E-state index in [9.17, 15) is 13.2 Å². The average molecular weight is 356 g/mol. The molecule has 0 radical (unpaired) electrons. The summed E-state index contributed by atoms with van der Waals surface area (Å²) in [6, 6.07) is 14.3. The Bertz CT molecular complexity index is 1070. The summed E-state index contributed by atoms with van der Waals surface area (Å²) in [5, 5.41) is 0.941. The lowest BCUT2D eigenvalue weighted by molar-refractivity contribution is 0.581. The number of H-pyrrole nitrogens is 1. The van der Waals surface area contributed by atoms with Crippen molar-refractivity contribution in [2.45, 2.75) is 25.2 Å². The molecule has 0 aliphatic rings. The van der Waals surface area contributed by atoms with E-state index >= 15 is 0 Å². The molecule has 6 heteroatoms. The molecule has 0 aliphatic heterocycles. The monoisotopic (exact) mass is 356 g/mol. The number of fused-ring (bicyclic) bond motifs is 1. The number of sulfonamides is 1. The van der Waals surface area contributed by atoms with Crippen LogP contribution in [0.5, 0.6) is 0 Å². The summed E-state index contributed by atoms with van der Waals surface area (Å²) in [7, 11) is -3.57. The molecular weight excluding hydrogens is 336 g/mol. The van der Waals surface area contributed by atoms with Crippen LogP contribution in [0.1, 0.15) is 16.7 Å². The molecule has 0 spiro atoms. The van der Waals surface area contributed by atoms with Crippen molar-refractivity contribution >= 4 is 20.9 Å². The number of aryl methyl sites for hydroxylation is 2. The van der Waals surface area contributed by atoms with Gasteiger partial charge in [-0.3, -0.25) is 4.79 Å². The summed E-state index contributed by atoms with van der Waals surface area (Å²) in [5.41, 5.74) is 3.19. The zero-order chi connectivity index (χ0) is 18.0. The molecule has 3 rings (SSSR count). The summed E-state index contributed by atoms with van der Waals surface area (Å²) in [5.74, 6) is 0. The van der Waals surface area contributed by atoms with Crippen LogP contribution in [-0.4, -0.2) is 19.9 Å². The second kappa shape index (κ2) is 6.82. The first-order valence-corrected chi connectivity index (χ1v) is 9.53. The molecule has 0 saturated heterocycles. The summed E-state index contributed by atoms with van der Waals surface area (Å²) in [6.07, 6.45) is 0.324. The van der Waals surface area contributed by atoms with Crippen molar-refractivity contribution in [3.05, 3.63) is 75.6 Å². The Hall–Kier alpha value is -2.44. The average Bonchev–Trinajstić information content (AvgIpc) is 2.56. The quantitative estimate of drug-likeness (QED) is 0.738. The number of rotatable bonds is 5. The maximum atomic E-state index is 12.3. The van der Waals surface area contributed by atoms with E-state index in [4.69, 9.17) is 0 Å². The van der Waals surface area contributed by atoms with E-state index in [0.29, 0.717) is 12.0 Å². The standard InChI is InChI=1S/C19H20N2O3S/c1-13-6-8-17(9-7-13)25(23,24)20-11-10-16-12-15-5-3-4-14(2)18(15)21-19(16)22/h3-9,12,20H,10-11H2,1-2H3,(H,21,22). The number of pyridine rings is 1. The van der Waals surface area contributed by atoms with Crippen LogP contribution in [0.25, 0.3) is 10.9 Å². The highest BCUT2D eigenvalue weighted by Gasteiger charge is 2.13. The van der Waals surface area contributed by atoms with Crippen molar-refractivity contribution in [3.8, 4) is 0 Å². The Morgan fingerprint density at radius 1 is 1.04 bits per heavy atom. The first kappa shape index (κ1) is 17.4. The second-order valence-electron chi connectivity index (χ2n) is 6.12. The van der Waals surface area contributed by atoms with Crippen LogP contribution in [-0.2, 0) is 16.4 Å². The van der Waals surface area contributed by atoms with Gasteiger partial charge >= 0.3 is 0 Å². The number of nitrogens with one attached hydrogen (secondary N) is 2. The Labute approximate surface area is 146 Å². The van der Waals surface area contributed by atoms with Gasteiger partial charge in [-0.15, -0.1) is 0 Å². The minimum atomic E-state index is -3.57. The maximum Gasteiger partial charge on any atom is 0.251 e. The van der Waals surface area contributed by atoms with Gasteiger partial charge in [0.05, 0.1) is 10.4 Å². The highest BCUT2D eigenvalue weighted by molar-refractivity contribution is 7.89. The molecule has 2 aromatic carbocycles. The summed E-state index contributed by atoms with van der Waals surface area (Å²) < 4.78 is 27.1. The molecule has 5 nitrogen and oxygen atoms in total. The zero-order valence-corrected chi connectivity index (χ0v) is 15.0. The van der Waals surface area contributed by atoms with E-state index in [0.717, 1.165) is 22.0 Å². The first-order chi connectivity index (χ1) is 11.9. The Morgan fingerprint density at radius 3 is 2.48 bits per heavy atom. The molecule has 3 aromatic rings. The summed E-state index contributed by atoms with van der Waals surface area (Å²) >= 11 is 0. The van der Waals surface area contributed by atoms with Gasteiger partial charge in [0.1, 0.15) is 0 Å². The zero-order valence-electron chi connectivity index (χ0n) is 14.2. The lowest BCUT2D eigenvalue weighted by Crippen LogP contribution is -2.27. The lowest BCUT2D eigenvalue weighted by Gasteiger charge is -2.08. The number of benzene rings is 2. The van der Waals surface area contributed by atoms with Crippen molar-refractivity contribution in [3.63, 3.8) is 0 Å². The fraction of sp³-hybridized carbons (Fsp3) is 0.211. The molecule has 1 heterocycles. The minimum absolute atomic E-state index is 0.163. The largest absolute Gasteiger partial charge is 0.321 e. The smallest absolute Gasteiger partial charge is 0.251 e. The van der Waals surface area contributed by atoms with E-state index < -0.39 is 10.0 Å². The molecule has 0 fully saturated rings. The molecule has 0 saturated carbocycles. The van der Waals surface area contributed by atoms with Gasteiger partial charge in [0.25, 0.3) is 5.56 Å². The number of aromatic nitrogens is 1. The molecular formula is C19H20N2O3S. The van der Waals surface area contributed by atoms with E-state index in [-0.39, 0.29) is 17.0 Å². The topological polar surface area (TPSA) is 79.0 Å². The van der Waals surface area contributed by atoms with Crippen molar-refractivity contribution in [1.29, 1.82) is 0 Å². The van der Waals surface area contributed by atoms with Crippen molar-refractivity contribution in [2.24, 2.45) is 0 Å². The van der Waals surface area contributed by atoms with Gasteiger partial charge in [-0.25, -0.2) is 13.1 Å². The fourth-order valence-corrected chi connectivity index (χ4v) is 3.77. The van der Waals surface area contributed by atoms with Crippen LogP contribution < -0.4 is 10.3 Å². The van der Waals surface area contributed by atoms with Crippen LogP contribution >= 0.6 is 0 Å². The third-order valence-electron chi connectivity index (χ3n) is 4.18. The van der Waals surface area contributed by atoms with Gasteiger partial charge in [0, 0.05) is 12.1 Å². The van der Waals surface area contributed by atoms with Crippen molar-refractivity contribution in [2.75, 3.05) is 6.54 Å². The van der Waals surface area contributed by atoms with Gasteiger partial charge in [-0.1, -0.05) is 35.9 Å². The SMILES string of the molecule is Cc1ccc(S(=O)(=O)NCCc2cc3cccc(C)c3[nH]c2=O)cc1. The number of aromatic amines is 1. The van der Waals surface area contributed by atoms with Crippen molar-refractivity contribution < 1.29 is 8.42 Å². The van der Waals surface area contributed by atoms with E-state index in [1.165, 1.54) is 0 Å². The maximum absolute atomic E-state index is 12.3. The highest BCUT2D eigenvalue weighted by atomic mass is 32.2. The molecule has 1 aromatic heterocycles. The number of hydrogen-bond acceptors (Lipinski definition) is 3. The lowest BCUT2D eigenvalue weighted by atomic mass is 10.1. The molecule has 0 unspecified atom stereocenters. The van der Waals surface area contributed by atoms with E-state index in [2.05, 4.69) is 9.71 Å². The predicted octanol–water partition coefficient (Wildman–Crippen LogP) is 2.67. The Morgan fingerprint density at radius 2 is 1.76 bits per heavy atom. The third-order valence-corrected chi connectivity index (χ3v) is 5.66. The third kappa shape index (κ3) is 3.81. The normalized spacial score (nSPS) is 11.8. The molecule has 0 aliphatic carbocycles. The van der Waals surface area contributed by atoms with Crippen LogP contribution in [0.4, 0.5) is 0 Å². The van der Waals surface area contributed by atoms with Gasteiger partial charge in [0.15, 0.2) is 0 Å². The van der Waals surface area contributed by atoms with Crippen LogP contribution in [0.15, 0.2) is 58.2 Å². The van der Waals surface area contributed by atoms with Crippen LogP contribution in [0, 0.1) is 13.8 Å². The van der Waals surface area contributed by atoms with E-state index in [1.807, 2.05) is 38.1 Å². The van der Waals surface area contributed by atoms with E-state index in [1.54, 1.807) is 24.3 Å². The first-order valence-electron chi connectivity index (χ1n) is 8.05. The highest BCUT2D eigenvalue weighted by Crippen LogP contribution is 2.15. The molecule has 0 atom stereocenters. The van der Waals surface area contributed by atoms with Crippen LogP contribution in [0.3, 0.4) is 0 Å². The van der Waals surface area contributed by atoms with Crippen molar-refractivity contribution in [1.82, 2.24) is 9.71 Å². The predicted molar refractivity (Wildman–Crippen MR) is 99.4 cm³/mol. The van der Waals surface area contributed by atoms with Gasteiger partial charge in [-0.05, 0) is 49.4 Å². The van der Waals surface area contributed by atoms with Gasteiger partial charge in [0.2, 0.25) is 10.0 Å². The van der Waals surface area contributed by atoms with Crippen LogP contribution in [0.2, 0.25) is 0 Å². The fourth-order valence-electron chi connectivity index (χ4n) is 2.74. The molecule has 0 amide bonds. The van der Waals surface area contributed by atoms with Gasteiger partial charge in [-0.2, -0.15) is 0 Å². The minimum Gasteiger partial charge on any atom is -0.321 e. The number of hydrogen-bond donors (Lipinski definition) is 2. The molecule has 2 N–H and O–H groups in total. The Kier molecular flexibility index (Phi) is 4.74. The summed E-state index contributed by atoms with van der Waals surface area (Å²) in [4.78, 5) is 15.3. The Balaban J connectivity index is 1.76. The molecule has 25 heavy (non-hydrogen) atoms. The summed E-state index contributed by atoms with van der Waals surface area (Å²) in [6.45, 7) is 4.00. The second-order valence-corrected chi connectivity index (χ2v) is 7.89. The van der Waals surface area contributed by atoms with Gasteiger partial charge < -0.3 is 4.98 Å². The molecule has 130 valence electrons. The number of para-hydroxylation sites is 1. The molecule has 0 bridgehead atoms.